The second-order valence-corrected chi connectivity index (χ2v) is 4.97. The molecule has 0 spiro atoms. The predicted octanol–water partition coefficient (Wildman–Crippen LogP) is 3.46. The molecule has 0 aromatic heterocycles. The molecule has 22 heavy (non-hydrogen) atoms. The van der Waals surface area contributed by atoms with Crippen LogP contribution < -0.4 is 4.74 Å². The Kier molecular flexibility index (Phi) is 5.98. The van der Waals surface area contributed by atoms with Crippen molar-refractivity contribution in [2.45, 2.75) is 19.6 Å². The summed E-state index contributed by atoms with van der Waals surface area (Å²) < 4.78 is 15.9. The highest BCUT2D eigenvalue weighted by Crippen LogP contribution is 2.15. The van der Waals surface area contributed by atoms with Gasteiger partial charge in [-0.15, -0.1) is 0 Å². The molecule has 0 aliphatic rings. The lowest BCUT2D eigenvalue weighted by atomic mass is 10.2. The van der Waals surface area contributed by atoms with Crippen LogP contribution in [0, 0.1) is 0 Å². The van der Waals surface area contributed by atoms with E-state index in [-0.39, 0.29) is 12.1 Å². The van der Waals surface area contributed by atoms with Crippen LogP contribution in [0.1, 0.15) is 22.8 Å². The van der Waals surface area contributed by atoms with Gasteiger partial charge in [0.1, 0.15) is 18.5 Å². The first-order valence-corrected chi connectivity index (χ1v) is 7.15. The van der Waals surface area contributed by atoms with Crippen LogP contribution in [0.25, 0.3) is 0 Å². The fraction of sp³-hybridized carbons (Fsp3) is 0.278. The van der Waals surface area contributed by atoms with Crippen molar-refractivity contribution in [1.82, 2.24) is 0 Å². The van der Waals surface area contributed by atoms with Gasteiger partial charge in [-0.2, -0.15) is 0 Å². The molecule has 2 aromatic rings. The third-order valence-corrected chi connectivity index (χ3v) is 3.05. The Morgan fingerprint density at radius 2 is 1.73 bits per heavy atom. The predicted molar refractivity (Wildman–Crippen MR) is 84.0 cm³/mol. The topological polar surface area (TPSA) is 44.8 Å². The van der Waals surface area contributed by atoms with Crippen molar-refractivity contribution in [2.75, 3.05) is 13.7 Å². The number of carbonyl (C=O) groups excluding carboxylic acids is 1. The average Bonchev–Trinajstić information content (AvgIpc) is 2.54. The molecule has 0 fully saturated rings. The van der Waals surface area contributed by atoms with E-state index in [0.717, 1.165) is 5.56 Å². The number of ether oxygens (including phenoxy) is 3. The summed E-state index contributed by atoms with van der Waals surface area (Å²) in [5.41, 5.74) is 1.59. The normalized spacial score (nSPS) is 11.7. The molecule has 0 amide bonds. The number of rotatable bonds is 7. The molecule has 4 nitrogen and oxygen atoms in total. The number of hydrogen-bond donors (Lipinski definition) is 0. The third kappa shape index (κ3) is 4.90. The summed E-state index contributed by atoms with van der Waals surface area (Å²) in [7, 11) is 1.57. The van der Waals surface area contributed by atoms with Gasteiger partial charge >= 0.3 is 5.97 Å². The summed E-state index contributed by atoms with van der Waals surface area (Å²) in [6, 6.07) is 16.8. The quantitative estimate of drug-likeness (QED) is 0.735. The lowest BCUT2D eigenvalue weighted by Crippen LogP contribution is -2.19. The van der Waals surface area contributed by atoms with Gasteiger partial charge in [-0.25, -0.2) is 4.79 Å². The van der Waals surface area contributed by atoms with Gasteiger partial charge in [-0.1, -0.05) is 30.3 Å². The maximum absolute atomic E-state index is 11.9. The van der Waals surface area contributed by atoms with E-state index in [9.17, 15) is 4.79 Å². The summed E-state index contributed by atoms with van der Waals surface area (Å²) in [5, 5.41) is 0. The highest BCUT2D eigenvalue weighted by molar-refractivity contribution is 5.89. The minimum Gasteiger partial charge on any atom is -0.489 e. The zero-order valence-electron chi connectivity index (χ0n) is 12.8. The minimum atomic E-state index is -0.362. The number of methoxy groups -OCH3 is 1. The summed E-state index contributed by atoms with van der Waals surface area (Å²) in [4.78, 5) is 11.9. The molecule has 0 aliphatic carbocycles. The zero-order chi connectivity index (χ0) is 15.8. The van der Waals surface area contributed by atoms with Gasteiger partial charge in [-0.3, -0.25) is 0 Å². The van der Waals surface area contributed by atoms with Gasteiger partial charge in [-0.05, 0) is 36.8 Å². The Hall–Kier alpha value is -2.33. The summed E-state index contributed by atoms with van der Waals surface area (Å²) in [6.45, 7) is 2.66. The molecule has 0 saturated carbocycles. The Labute approximate surface area is 130 Å². The van der Waals surface area contributed by atoms with Crippen molar-refractivity contribution in [3.63, 3.8) is 0 Å². The van der Waals surface area contributed by atoms with E-state index in [1.165, 1.54) is 0 Å². The van der Waals surface area contributed by atoms with Crippen LogP contribution in [0.2, 0.25) is 0 Å². The second-order valence-electron chi connectivity index (χ2n) is 4.97. The number of benzene rings is 2. The molecule has 0 unspecified atom stereocenters. The van der Waals surface area contributed by atoms with Crippen LogP contribution in [-0.4, -0.2) is 25.8 Å². The van der Waals surface area contributed by atoms with Crippen molar-refractivity contribution in [3.05, 3.63) is 65.7 Å². The molecule has 0 radical (unpaired) electrons. The Bertz CT molecular complexity index is 578. The lowest BCUT2D eigenvalue weighted by Gasteiger charge is -2.12. The molecule has 2 rings (SSSR count). The van der Waals surface area contributed by atoms with Crippen molar-refractivity contribution in [2.24, 2.45) is 0 Å². The molecule has 0 heterocycles. The smallest absolute Gasteiger partial charge is 0.338 e. The lowest BCUT2D eigenvalue weighted by molar-refractivity contribution is 0.0120. The SMILES string of the molecule is COC[C@H](C)OC(=O)c1ccc(OCc2ccccc2)cc1. The van der Waals surface area contributed by atoms with Crippen LogP contribution in [0.3, 0.4) is 0 Å². The summed E-state index contributed by atoms with van der Waals surface area (Å²) in [6.07, 6.45) is -0.272. The van der Waals surface area contributed by atoms with Gasteiger partial charge in [0.2, 0.25) is 0 Å². The molecule has 4 heteroatoms. The molecule has 0 bridgehead atoms. The Morgan fingerprint density at radius 1 is 1.05 bits per heavy atom. The first-order valence-electron chi connectivity index (χ1n) is 7.15. The Balaban J connectivity index is 1.88. The zero-order valence-corrected chi connectivity index (χ0v) is 12.8. The van der Waals surface area contributed by atoms with Gasteiger partial charge in [0, 0.05) is 7.11 Å². The second kappa shape index (κ2) is 8.20. The third-order valence-electron chi connectivity index (χ3n) is 3.05. The first kappa shape index (κ1) is 16.0. The van der Waals surface area contributed by atoms with Gasteiger partial charge < -0.3 is 14.2 Å². The van der Waals surface area contributed by atoms with E-state index in [4.69, 9.17) is 14.2 Å². The highest BCUT2D eigenvalue weighted by Gasteiger charge is 2.11. The average molecular weight is 300 g/mol. The van der Waals surface area contributed by atoms with Crippen LogP contribution in [-0.2, 0) is 16.1 Å². The van der Waals surface area contributed by atoms with Crippen LogP contribution in [0.4, 0.5) is 0 Å². The number of esters is 1. The van der Waals surface area contributed by atoms with Crippen LogP contribution in [0.5, 0.6) is 5.75 Å². The van der Waals surface area contributed by atoms with E-state index < -0.39 is 0 Å². The van der Waals surface area contributed by atoms with E-state index >= 15 is 0 Å². The van der Waals surface area contributed by atoms with Crippen molar-refractivity contribution in [3.8, 4) is 5.75 Å². The standard InChI is InChI=1S/C18H20O4/c1-14(12-20-2)22-18(19)16-8-10-17(11-9-16)21-13-15-6-4-3-5-7-15/h3-11,14H,12-13H2,1-2H3/t14-/m0/s1. The fourth-order valence-electron chi connectivity index (χ4n) is 1.95. The highest BCUT2D eigenvalue weighted by atomic mass is 16.6. The fourth-order valence-corrected chi connectivity index (χ4v) is 1.95. The van der Waals surface area contributed by atoms with E-state index in [0.29, 0.717) is 24.5 Å². The monoisotopic (exact) mass is 300 g/mol. The van der Waals surface area contributed by atoms with E-state index in [1.54, 1.807) is 38.3 Å². The molecule has 0 saturated heterocycles. The molecule has 0 N–H and O–H groups in total. The summed E-state index contributed by atoms with van der Waals surface area (Å²) in [5.74, 6) is 0.351. The maximum Gasteiger partial charge on any atom is 0.338 e. The van der Waals surface area contributed by atoms with Crippen molar-refractivity contribution in [1.29, 1.82) is 0 Å². The first-order chi connectivity index (χ1) is 10.7. The molecule has 0 aliphatic heterocycles. The molecular weight excluding hydrogens is 280 g/mol. The van der Waals surface area contributed by atoms with Gasteiger partial charge in [0.05, 0.1) is 12.2 Å². The van der Waals surface area contributed by atoms with Crippen molar-refractivity contribution < 1.29 is 19.0 Å². The largest absolute Gasteiger partial charge is 0.489 e. The van der Waals surface area contributed by atoms with Crippen LogP contribution in [0.15, 0.2) is 54.6 Å². The molecule has 2 aromatic carbocycles. The van der Waals surface area contributed by atoms with Gasteiger partial charge in [0.15, 0.2) is 0 Å². The molecular formula is C18H20O4. The number of hydrogen-bond acceptors (Lipinski definition) is 4. The molecule has 116 valence electrons. The maximum atomic E-state index is 11.9. The number of carbonyl (C=O) groups is 1. The van der Waals surface area contributed by atoms with E-state index in [1.807, 2.05) is 30.3 Å². The Morgan fingerprint density at radius 3 is 2.36 bits per heavy atom. The minimum absolute atomic E-state index is 0.272. The van der Waals surface area contributed by atoms with Crippen molar-refractivity contribution >= 4 is 5.97 Å². The summed E-state index contributed by atoms with van der Waals surface area (Å²) >= 11 is 0. The molecule has 1 atom stereocenters. The van der Waals surface area contributed by atoms with E-state index in [2.05, 4.69) is 0 Å². The van der Waals surface area contributed by atoms with Gasteiger partial charge in [0.25, 0.3) is 0 Å². The van der Waals surface area contributed by atoms with Crippen LogP contribution >= 0.6 is 0 Å².